The fourth-order valence-electron chi connectivity index (χ4n) is 1.63. The maximum atomic E-state index is 9.42. The number of hydrogen-bond donors (Lipinski definition) is 1. The van der Waals surface area contributed by atoms with Gasteiger partial charge in [0, 0.05) is 19.1 Å². The molecule has 1 atom stereocenters. The summed E-state index contributed by atoms with van der Waals surface area (Å²) in [5.41, 5.74) is 0. The number of aliphatic hydroxyl groups excluding tert-OH is 1. The number of unbranched alkanes of at least 4 members (excludes halogenated alkanes) is 3. The summed E-state index contributed by atoms with van der Waals surface area (Å²) in [5.74, 6) is 0.330. The fourth-order valence-corrected chi connectivity index (χ4v) is 2.72. The minimum Gasteiger partial charge on any atom is -0.416 e. The van der Waals surface area contributed by atoms with Gasteiger partial charge in [0.2, 0.25) is 0 Å². The van der Waals surface area contributed by atoms with Crippen LogP contribution in [0, 0.1) is 5.92 Å². The van der Waals surface area contributed by atoms with Crippen molar-refractivity contribution in [2.45, 2.75) is 77.9 Å². The summed E-state index contributed by atoms with van der Waals surface area (Å²) < 4.78 is 6.18. The Hall–Kier alpha value is 0.137. The summed E-state index contributed by atoms with van der Waals surface area (Å²) in [4.78, 5) is 0. The first kappa shape index (κ1) is 18.1. The van der Waals surface area contributed by atoms with Crippen LogP contribution in [-0.4, -0.2) is 26.6 Å². The second-order valence-electron chi connectivity index (χ2n) is 6.97. The van der Waals surface area contributed by atoms with Gasteiger partial charge in [0.05, 0.1) is 0 Å². The summed E-state index contributed by atoms with van der Waals surface area (Å²) in [6.45, 7) is 14.6. The van der Waals surface area contributed by atoms with Gasteiger partial charge in [0.25, 0.3) is 0 Å². The van der Waals surface area contributed by atoms with Crippen molar-refractivity contribution in [1.29, 1.82) is 0 Å². The monoisotopic (exact) mass is 274 g/mol. The van der Waals surface area contributed by atoms with E-state index in [0.717, 1.165) is 13.0 Å². The van der Waals surface area contributed by atoms with Gasteiger partial charge in [-0.15, -0.1) is 0 Å². The second kappa shape index (κ2) is 8.34. The molecule has 0 aromatic rings. The molecule has 110 valence electrons. The van der Waals surface area contributed by atoms with Crippen molar-refractivity contribution in [3.63, 3.8) is 0 Å². The van der Waals surface area contributed by atoms with E-state index in [1.54, 1.807) is 0 Å². The molecule has 0 aromatic heterocycles. The molecule has 0 fully saturated rings. The zero-order valence-corrected chi connectivity index (χ0v) is 14.4. The molecule has 0 aliphatic carbocycles. The molecule has 0 saturated heterocycles. The van der Waals surface area contributed by atoms with E-state index in [4.69, 9.17) is 4.43 Å². The molecule has 0 aliphatic heterocycles. The zero-order chi connectivity index (χ0) is 14.2. The maximum Gasteiger partial charge on any atom is 0.191 e. The predicted molar refractivity (Wildman–Crippen MR) is 82.5 cm³/mol. The molecule has 1 N–H and O–H groups in total. The van der Waals surface area contributed by atoms with Crippen LogP contribution in [0.3, 0.4) is 0 Å². The topological polar surface area (TPSA) is 29.5 Å². The van der Waals surface area contributed by atoms with Crippen LogP contribution in [0.4, 0.5) is 0 Å². The molecular weight excluding hydrogens is 240 g/mol. The highest BCUT2D eigenvalue weighted by Gasteiger charge is 2.37. The van der Waals surface area contributed by atoms with Gasteiger partial charge in [-0.3, -0.25) is 0 Å². The lowest BCUT2D eigenvalue weighted by molar-refractivity contribution is 0.145. The van der Waals surface area contributed by atoms with Crippen molar-refractivity contribution in [1.82, 2.24) is 0 Å². The largest absolute Gasteiger partial charge is 0.416 e. The molecule has 0 radical (unpaired) electrons. The molecule has 0 amide bonds. The molecule has 0 heterocycles. The average Bonchev–Trinajstić information content (AvgIpc) is 2.26. The van der Waals surface area contributed by atoms with E-state index in [-0.39, 0.29) is 11.6 Å². The lowest BCUT2D eigenvalue weighted by atomic mass is 10.0. The molecule has 0 saturated carbocycles. The summed E-state index contributed by atoms with van der Waals surface area (Å²) >= 11 is 0. The molecular formula is C15H34O2Si. The van der Waals surface area contributed by atoms with E-state index < -0.39 is 8.32 Å². The second-order valence-corrected chi connectivity index (χ2v) is 11.8. The minimum atomic E-state index is -1.65. The van der Waals surface area contributed by atoms with Crippen molar-refractivity contribution in [2.24, 2.45) is 5.92 Å². The van der Waals surface area contributed by atoms with Crippen LogP contribution >= 0.6 is 0 Å². The van der Waals surface area contributed by atoms with Gasteiger partial charge in [-0.05, 0) is 24.6 Å². The summed E-state index contributed by atoms with van der Waals surface area (Å²) in [6, 6.07) is 0. The van der Waals surface area contributed by atoms with Crippen molar-refractivity contribution in [2.75, 3.05) is 13.2 Å². The Kier molecular flexibility index (Phi) is 8.40. The molecule has 0 aliphatic rings. The van der Waals surface area contributed by atoms with E-state index in [1.807, 2.05) is 0 Å². The maximum absolute atomic E-state index is 9.42. The van der Waals surface area contributed by atoms with Gasteiger partial charge >= 0.3 is 0 Å². The molecule has 0 spiro atoms. The average molecular weight is 275 g/mol. The van der Waals surface area contributed by atoms with Gasteiger partial charge in [-0.25, -0.2) is 0 Å². The normalized spacial score (nSPS) is 14.8. The van der Waals surface area contributed by atoms with Crippen molar-refractivity contribution in [3.8, 4) is 0 Å². The van der Waals surface area contributed by atoms with Crippen LogP contribution in [0.25, 0.3) is 0 Å². The Morgan fingerprint density at radius 2 is 1.72 bits per heavy atom. The molecule has 3 heteroatoms. The predicted octanol–water partition coefficient (Wildman–Crippen LogP) is 4.59. The van der Waals surface area contributed by atoms with Crippen LogP contribution in [-0.2, 0) is 4.43 Å². The highest BCUT2D eigenvalue weighted by atomic mass is 28.4. The molecule has 0 rings (SSSR count). The van der Waals surface area contributed by atoms with Crippen molar-refractivity contribution in [3.05, 3.63) is 0 Å². The lowest BCUT2D eigenvalue weighted by Gasteiger charge is -2.37. The van der Waals surface area contributed by atoms with Gasteiger partial charge in [0.1, 0.15) is 0 Å². The quantitative estimate of drug-likeness (QED) is 0.492. The van der Waals surface area contributed by atoms with Gasteiger partial charge < -0.3 is 9.53 Å². The Morgan fingerprint density at radius 3 is 2.17 bits per heavy atom. The number of hydrogen-bond acceptors (Lipinski definition) is 2. The summed E-state index contributed by atoms with van der Waals surface area (Å²) in [6.07, 6.45) is 6.18. The van der Waals surface area contributed by atoms with Crippen LogP contribution < -0.4 is 0 Å². The molecule has 0 unspecified atom stereocenters. The number of aliphatic hydroxyl groups is 1. The van der Waals surface area contributed by atoms with Crippen molar-refractivity contribution < 1.29 is 9.53 Å². The van der Waals surface area contributed by atoms with Gasteiger partial charge in [-0.1, -0.05) is 53.4 Å². The zero-order valence-electron chi connectivity index (χ0n) is 13.4. The first-order valence-electron chi connectivity index (χ1n) is 7.49. The standard InChI is InChI=1S/C15H34O2Si/c1-7-8-9-10-11-14(12-16)13-17-18(5,6)15(2,3)4/h14,16H,7-13H2,1-6H3/t14-/m0/s1. The SMILES string of the molecule is CCCCCC[C@@H](CO)CO[Si](C)(C)C(C)(C)C. The molecule has 0 aromatic carbocycles. The van der Waals surface area contributed by atoms with E-state index in [1.165, 1.54) is 25.7 Å². The lowest BCUT2D eigenvalue weighted by Crippen LogP contribution is -2.42. The third kappa shape index (κ3) is 6.91. The van der Waals surface area contributed by atoms with E-state index >= 15 is 0 Å². The highest BCUT2D eigenvalue weighted by molar-refractivity contribution is 6.74. The smallest absolute Gasteiger partial charge is 0.191 e. The Bertz CT molecular complexity index is 209. The Morgan fingerprint density at radius 1 is 1.11 bits per heavy atom. The first-order valence-corrected chi connectivity index (χ1v) is 10.4. The van der Waals surface area contributed by atoms with Crippen molar-refractivity contribution >= 4 is 8.32 Å². The number of rotatable bonds is 9. The van der Waals surface area contributed by atoms with Crippen LogP contribution in [0.1, 0.15) is 59.8 Å². The van der Waals surface area contributed by atoms with Crippen LogP contribution in [0.15, 0.2) is 0 Å². The highest BCUT2D eigenvalue weighted by Crippen LogP contribution is 2.36. The minimum absolute atomic E-state index is 0.259. The third-order valence-electron chi connectivity index (χ3n) is 4.21. The van der Waals surface area contributed by atoms with Gasteiger partial charge in [-0.2, -0.15) is 0 Å². The van der Waals surface area contributed by atoms with Crippen LogP contribution in [0.2, 0.25) is 18.1 Å². The molecule has 18 heavy (non-hydrogen) atoms. The Balaban J connectivity index is 4.00. The van der Waals surface area contributed by atoms with E-state index in [2.05, 4.69) is 40.8 Å². The molecule has 0 bridgehead atoms. The van der Waals surface area contributed by atoms with Gasteiger partial charge in [0.15, 0.2) is 8.32 Å². The summed E-state index contributed by atoms with van der Waals surface area (Å²) in [7, 11) is -1.65. The summed E-state index contributed by atoms with van der Waals surface area (Å²) in [5, 5.41) is 9.68. The Labute approximate surface area is 115 Å². The third-order valence-corrected chi connectivity index (χ3v) is 8.71. The van der Waals surface area contributed by atoms with E-state index in [0.29, 0.717) is 5.92 Å². The first-order chi connectivity index (χ1) is 8.24. The van der Waals surface area contributed by atoms with E-state index in [9.17, 15) is 5.11 Å². The van der Waals surface area contributed by atoms with Crippen LogP contribution in [0.5, 0.6) is 0 Å². The fraction of sp³-hybridized carbons (Fsp3) is 1.00. The molecule has 2 nitrogen and oxygen atoms in total.